The van der Waals surface area contributed by atoms with Crippen LogP contribution in [0.2, 0.25) is 0 Å². The third kappa shape index (κ3) is 2.53. The second-order valence-corrected chi connectivity index (χ2v) is 6.95. The molecule has 1 aromatic carbocycles. The van der Waals surface area contributed by atoms with Gasteiger partial charge in [0.15, 0.2) is 0 Å². The van der Waals surface area contributed by atoms with Gasteiger partial charge in [0.25, 0.3) is 0 Å². The SMILES string of the molecule is FC(F)(F)c1ccc(-n2c3c(c4cc(Br)ccc42)CCCC3)nc1. The quantitative estimate of drug-likeness (QED) is 0.518. The second-order valence-electron chi connectivity index (χ2n) is 6.03. The summed E-state index contributed by atoms with van der Waals surface area (Å²) < 4.78 is 41.4. The van der Waals surface area contributed by atoms with E-state index in [0.717, 1.165) is 53.3 Å². The summed E-state index contributed by atoms with van der Waals surface area (Å²) in [4.78, 5) is 4.10. The number of fused-ring (bicyclic) bond motifs is 3. The Bertz CT molecular complexity index is 911. The van der Waals surface area contributed by atoms with E-state index in [-0.39, 0.29) is 0 Å². The van der Waals surface area contributed by atoms with Crippen molar-refractivity contribution in [1.82, 2.24) is 9.55 Å². The maximum atomic E-state index is 12.8. The van der Waals surface area contributed by atoms with Gasteiger partial charge in [-0.2, -0.15) is 13.2 Å². The number of halogens is 4. The highest BCUT2D eigenvalue weighted by Gasteiger charge is 2.31. The van der Waals surface area contributed by atoms with E-state index in [1.165, 1.54) is 17.3 Å². The van der Waals surface area contributed by atoms with E-state index in [2.05, 4.69) is 27.0 Å². The van der Waals surface area contributed by atoms with E-state index in [4.69, 9.17) is 0 Å². The summed E-state index contributed by atoms with van der Waals surface area (Å²) >= 11 is 3.51. The zero-order chi connectivity index (χ0) is 16.9. The Hall–Kier alpha value is -1.82. The van der Waals surface area contributed by atoms with E-state index >= 15 is 0 Å². The number of hydrogen-bond donors (Lipinski definition) is 0. The summed E-state index contributed by atoms with van der Waals surface area (Å²) in [5.41, 5.74) is 2.73. The summed E-state index contributed by atoms with van der Waals surface area (Å²) in [5.74, 6) is 0.540. The molecule has 0 radical (unpaired) electrons. The van der Waals surface area contributed by atoms with Crippen LogP contribution in [-0.2, 0) is 19.0 Å². The van der Waals surface area contributed by atoms with Gasteiger partial charge in [0.05, 0.1) is 11.1 Å². The molecule has 0 saturated carbocycles. The number of nitrogens with zero attached hydrogens (tertiary/aromatic N) is 2. The number of hydrogen-bond acceptors (Lipinski definition) is 1. The normalized spacial score (nSPS) is 14.8. The first-order chi connectivity index (χ1) is 11.4. The number of alkyl halides is 3. The predicted molar refractivity (Wildman–Crippen MR) is 90.4 cm³/mol. The number of aryl methyl sites for hydroxylation is 1. The molecular weight excluding hydrogens is 381 g/mol. The van der Waals surface area contributed by atoms with Gasteiger partial charge in [0, 0.05) is 21.7 Å². The van der Waals surface area contributed by atoms with Crippen LogP contribution in [0.3, 0.4) is 0 Å². The second kappa shape index (κ2) is 5.62. The molecule has 3 aromatic rings. The molecule has 1 aliphatic rings. The lowest BCUT2D eigenvalue weighted by atomic mass is 9.95. The van der Waals surface area contributed by atoms with Crippen molar-refractivity contribution in [3.05, 3.63) is 57.8 Å². The zero-order valence-corrected chi connectivity index (χ0v) is 14.3. The molecule has 0 atom stereocenters. The Labute approximate surface area is 145 Å². The lowest BCUT2D eigenvalue weighted by molar-refractivity contribution is -0.137. The van der Waals surface area contributed by atoms with Crippen LogP contribution in [0.1, 0.15) is 29.7 Å². The minimum Gasteiger partial charge on any atom is -0.298 e. The molecule has 4 rings (SSSR count). The zero-order valence-electron chi connectivity index (χ0n) is 12.7. The molecule has 0 amide bonds. The van der Waals surface area contributed by atoms with Gasteiger partial charge < -0.3 is 0 Å². The lowest BCUT2D eigenvalue weighted by Gasteiger charge is -2.16. The van der Waals surface area contributed by atoms with Crippen molar-refractivity contribution in [3.63, 3.8) is 0 Å². The molecule has 0 bridgehead atoms. The maximum Gasteiger partial charge on any atom is 0.417 e. The van der Waals surface area contributed by atoms with Crippen LogP contribution in [0.4, 0.5) is 13.2 Å². The highest BCUT2D eigenvalue weighted by Crippen LogP contribution is 2.36. The van der Waals surface area contributed by atoms with Gasteiger partial charge in [-0.25, -0.2) is 4.98 Å². The molecule has 24 heavy (non-hydrogen) atoms. The average Bonchev–Trinajstić information content (AvgIpc) is 2.88. The molecule has 2 nitrogen and oxygen atoms in total. The largest absolute Gasteiger partial charge is 0.417 e. The highest BCUT2D eigenvalue weighted by atomic mass is 79.9. The van der Waals surface area contributed by atoms with Crippen LogP contribution in [0.5, 0.6) is 0 Å². The predicted octanol–water partition coefficient (Wildman–Crippen LogP) is 5.69. The summed E-state index contributed by atoms with van der Waals surface area (Å²) in [6, 6.07) is 8.59. The Morgan fingerprint density at radius 1 is 1.04 bits per heavy atom. The Morgan fingerprint density at radius 2 is 1.83 bits per heavy atom. The van der Waals surface area contributed by atoms with E-state index in [9.17, 15) is 13.2 Å². The van der Waals surface area contributed by atoms with Crippen LogP contribution >= 0.6 is 15.9 Å². The molecule has 0 N–H and O–H groups in total. The minimum absolute atomic E-state index is 0.540. The molecule has 1 aliphatic carbocycles. The molecule has 0 aliphatic heterocycles. The van der Waals surface area contributed by atoms with Crippen molar-refractivity contribution in [2.24, 2.45) is 0 Å². The molecule has 124 valence electrons. The molecule has 0 fully saturated rings. The fraction of sp³-hybridized carbons (Fsp3) is 0.278. The monoisotopic (exact) mass is 394 g/mol. The molecule has 6 heteroatoms. The number of aromatic nitrogens is 2. The van der Waals surface area contributed by atoms with E-state index in [1.807, 2.05) is 16.7 Å². The van der Waals surface area contributed by atoms with Gasteiger partial charge in [0.1, 0.15) is 5.82 Å². The summed E-state index contributed by atoms with van der Waals surface area (Å²) in [7, 11) is 0. The number of pyridine rings is 1. The van der Waals surface area contributed by atoms with Crippen LogP contribution in [0.15, 0.2) is 41.0 Å². The van der Waals surface area contributed by atoms with E-state index in [1.54, 1.807) is 0 Å². The Kier molecular flexibility index (Phi) is 3.67. The van der Waals surface area contributed by atoms with Crippen LogP contribution in [0, 0.1) is 0 Å². The van der Waals surface area contributed by atoms with Gasteiger partial charge >= 0.3 is 6.18 Å². The van der Waals surface area contributed by atoms with E-state index in [0.29, 0.717) is 5.82 Å². The van der Waals surface area contributed by atoms with Crippen LogP contribution < -0.4 is 0 Å². The number of benzene rings is 1. The molecule has 2 heterocycles. The smallest absolute Gasteiger partial charge is 0.298 e. The standard InChI is InChI=1S/C18H14BrF3N2/c19-12-6-7-16-14(9-12)13-3-1-2-4-15(13)24(16)17-8-5-11(10-23-17)18(20,21)22/h5-10H,1-4H2. The van der Waals surface area contributed by atoms with E-state index < -0.39 is 11.7 Å². The summed E-state index contributed by atoms with van der Waals surface area (Å²) in [5, 5.41) is 1.15. The van der Waals surface area contributed by atoms with Crippen LogP contribution in [0.25, 0.3) is 16.7 Å². The fourth-order valence-electron chi connectivity index (χ4n) is 3.46. The van der Waals surface area contributed by atoms with Gasteiger partial charge in [-0.3, -0.25) is 4.57 Å². The van der Waals surface area contributed by atoms with Crippen LogP contribution in [-0.4, -0.2) is 9.55 Å². The third-order valence-electron chi connectivity index (χ3n) is 4.54. The fourth-order valence-corrected chi connectivity index (χ4v) is 3.83. The molecular formula is C18H14BrF3N2. The molecule has 0 saturated heterocycles. The minimum atomic E-state index is -4.37. The van der Waals surface area contributed by atoms with Gasteiger partial charge in [-0.05, 0) is 61.6 Å². The van der Waals surface area contributed by atoms with Crippen molar-refractivity contribution >= 4 is 26.8 Å². The number of rotatable bonds is 1. The van der Waals surface area contributed by atoms with Crippen molar-refractivity contribution in [2.75, 3.05) is 0 Å². The van der Waals surface area contributed by atoms with Gasteiger partial charge in [-0.1, -0.05) is 15.9 Å². The average molecular weight is 395 g/mol. The summed E-state index contributed by atoms with van der Waals surface area (Å²) in [6.45, 7) is 0. The van der Waals surface area contributed by atoms with Gasteiger partial charge in [-0.15, -0.1) is 0 Å². The van der Waals surface area contributed by atoms with Crippen molar-refractivity contribution in [1.29, 1.82) is 0 Å². The van der Waals surface area contributed by atoms with Crippen molar-refractivity contribution in [2.45, 2.75) is 31.9 Å². The maximum absolute atomic E-state index is 12.8. The first kappa shape index (κ1) is 15.7. The van der Waals surface area contributed by atoms with Crippen molar-refractivity contribution in [3.8, 4) is 5.82 Å². The van der Waals surface area contributed by atoms with Crippen molar-refractivity contribution < 1.29 is 13.2 Å². The first-order valence-corrected chi connectivity index (χ1v) is 8.60. The Balaban J connectivity index is 1.93. The molecule has 0 spiro atoms. The topological polar surface area (TPSA) is 17.8 Å². The van der Waals surface area contributed by atoms with Gasteiger partial charge in [0.2, 0.25) is 0 Å². The molecule has 2 aromatic heterocycles. The Morgan fingerprint density at radius 3 is 2.54 bits per heavy atom. The first-order valence-electron chi connectivity index (χ1n) is 7.80. The summed E-state index contributed by atoms with van der Waals surface area (Å²) in [6.07, 6.45) is 0.689. The third-order valence-corrected chi connectivity index (χ3v) is 5.03. The highest BCUT2D eigenvalue weighted by molar-refractivity contribution is 9.10. The lowest BCUT2D eigenvalue weighted by Crippen LogP contribution is -2.10. The molecule has 0 unspecified atom stereocenters.